The molecule has 0 spiro atoms. The van der Waals surface area contributed by atoms with Crippen LogP contribution in [-0.4, -0.2) is 43.3 Å². The Morgan fingerprint density at radius 2 is 1.60 bits per heavy atom. The van der Waals surface area contributed by atoms with Gasteiger partial charge in [0.15, 0.2) is 5.78 Å². The van der Waals surface area contributed by atoms with Crippen molar-refractivity contribution in [1.82, 2.24) is 10.2 Å². The van der Waals surface area contributed by atoms with Crippen LogP contribution in [0.3, 0.4) is 0 Å². The van der Waals surface area contributed by atoms with Crippen molar-refractivity contribution in [2.24, 2.45) is 0 Å². The third-order valence-corrected chi connectivity index (χ3v) is 6.72. The van der Waals surface area contributed by atoms with Gasteiger partial charge in [0.25, 0.3) is 0 Å². The van der Waals surface area contributed by atoms with Crippen molar-refractivity contribution in [3.8, 4) is 0 Å². The molecule has 1 aliphatic heterocycles. The number of allylic oxidation sites excluding steroid dienone is 1. The number of carbonyl (C=O) groups is 2. The van der Waals surface area contributed by atoms with Gasteiger partial charge in [-0.05, 0) is 56.1 Å². The van der Waals surface area contributed by atoms with Gasteiger partial charge in [-0.3, -0.25) is 9.59 Å². The van der Waals surface area contributed by atoms with E-state index in [-0.39, 0.29) is 23.5 Å². The molecule has 2 aromatic carbocycles. The lowest BCUT2D eigenvalue weighted by atomic mass is 9.72. The first-order valence-electron chi connectivity index (χ1n) is 10.9. The molecule has 1 N–H and O–H groups in total. The zero-order chi connectivity index (χ0) is 21.0. The fourth-order valence-electron chi connectivity index (χ4n) is 4.77. The molecule has 1 aliphatic carbocycles. The van der Waals surface area contributed by atoms with Crippen LogP contribution in [0.1, 0.15) is 43.2 Å². The Hall–Kier alpha value is -2.72. The molecule has 0 saturated carbocycles. The molecule has 156 valence electrons. The van der Waals surface area contributed by atoms with Crippen molar-refractivity contribution in [3.05, 3.63) is 77.4 Å². The molecule has 0 atom stereocenters. The molecule has 1 amide bonds. The molecular formula is C26H30N2O2. The molecule has 4 rings (SSSR count). The highest BCUT2D eigenvalue weighted by Gasteiger charge is 2.36. The predicted molar refractivity (Wildman–Crippen MR) is 120 cm³/mol. The Bertz CT molecular complexity index is 926. The first-order valence-corrected chi connectivity index (χ1v) is 10.9. The van der Waals surface area contributed by atoms with Gasteiger partial charge < -0.3 is 10.2 Å². The molecule has 0 bridgehead atoms. The van der Waals surface area contributed by atoms with E-state index in [1.807, 2.05) is 36.4 Å². The van der Waals surface area contributed by atoms with Gasteiger partial charge in [0, 0.05) is 24.0 Å². The highest BCUT2D eigenvalue weighted by molar-refractivity contribution is 6.10. The molecule has 2 aromatic rings. The number of nitrogens with zero attached hydrogens (tertiary/aromatic N) is 1. The van der Waals surface area contributed by atoms with Crippen molar-refractivity contribution in [2.75, 3.05) is 26.7 Å². The second-order valence-corrected chi connectivity index (χ2v) is 8.65. The largest absolute Gasteiger partial charge is 0.355 e. The fraction of sp³-hybridized carbons (Fsp3) is 0.385. The van der Waals surface area contributed by atoms with Crippen LogP contribution >= 0.6 is 0 Å². The SMILES string of the molecule is CN1CCC(CNC(=O)CC2=C(c3ccccc3)CCC2=O)(c2ccccc2)CC1. The van der Waals surface area contributed by atoms with Gasteiger partial charge in [0.05, 0.1) is 6.42 Å². The second-order valence-electron chi connectivity index (χ2n) is 8.65. The van der Waals surface area contributed by atoms with Crippen LogP contribution < -0.4 is 5.32 Å². The summed E-state index contributed by atoms with van der Waals surface area (Å²) in [5.74, 6) is 0.0592. The average molecular weight is 403 g/mol. The Balaban J connectivity index is 1.48. The topological polar surface area (TPSA) is 49.4 Å². The van der Waals surface area contributed by atoms with E-state index >= 15 is 0 Å². The first-order chi connectivity index (χ1) is 14.6. The quantitative estimate of drug-likeness (QED) is 0.795. The van der Waals surface area contributed by atoms with E-state index in [0.717, 1.165) is 43.5 Å². The summed E-state index contributed by atoms with van der Waals surface area (Å²) in [4.78, 5) is 27.7. The second kappa shape index (κ2) is 8.97. The lowest BCUT2D eigenvalue weighted by molar-refractivity contribution is -0.122. The van der Waals surface area contributed by atoms with Gasteiger partial charge in [-0.2, -0.15) is 0 Å². The van der Waals surface area contributed by atoms with Crippen molar-refractivity contribution < 1.29 is 9.59 Å². The molecule has 4 nitrogen and oxygen atoms in total. The van der Waals surface area contributed by atoms with Gasteiger partial charge in [0.2, 0.25) is 5.91 Å². The van der Waals surface area contributed by atoms with Crippen molar-refractivity contribution in [1.29, 1.82) is 0 Å². The molecule has 1 heterocycles. The number of hydrogen-bond acceptors (Lipinski definition) is 3. The average Bonchev–Trinajstić information content (AvgIpc) is 3.15. The van der Waals surface area contributed by atoms with Gasteiger partial charge in [-0.1, -0.05) is 60.7 Å². The molecule has 30 heavy (non-hydrogen) atoms. The Morgan fingerprint density at radius 3 is 2.27 bits per heavy atom. The number of hydrogen-bond donors (Lipinski definition) is 1. The van der Waals surface area contributed by atoms with Crippen LogP contribution in [0.5, 0.6) is 0 Å². The number of carbonyl (C=O) groups excluding carboxylic acids is 2. The van der Waals surface area contributed by atoms with Gasteiger partial charge in [-0.25, -0.2) is 0 Å². The normalized spacial score (nSPS) is 19.2. The summed E-state index contributed by atoms with van der Waals surface area (Å²) in [5, 5.41) is 3.18. The van der Waals surface area contributed by atoms with E-state index in [0.29, 0.717) is 18.5 Å². The van der Waals surface area contributed by atoms with Gasteiger partial charge in [-0.15, -0.1) is 0 Å². The minimum Gasteiger partial charge on any atom is -0.355 e. The molecule has 4 heteroatoms. The summed E-state index contributed by atoms with van der Waals surface area (Å²) in [6.07, 6.45) is 3.45. The van der Waals surface area contributed by atoms with Crippen LogP contribution in [0.15, 0.2) is 66.2 Å². The highest BCUT2D eigenvalue weighted by atomic mass is 16.2. The van der Waals surface area contributed by atoms with Crippen molar-refractivity contribution in [2.45, 2.75) is 37.5 Å². The van der Waals surface area contributed by atoms with E-state index in [1.165, 1.54) is 5.56 Å². The molecule has 1 fully saturated rings. The maximum absolute atomic E-state index is 12.9. The number of piperidine rings is 1. The number of benzene rings is 2. The highest BCUT2D eigenvalue weighted by Crippen LogP contribution is 2.36. The summed E-state index contributed by atoms with van der Waals surface area (Å²) in [6, 6.07) is 20.5. The van der Waals surface area contributed by atoms with Crippen LogP contribution in [0, 0.1) is 0 Å². The smallest absolute Gasteiger partial charge is 0.224 e. The molecule has 1 saturated heterocycles. The van der Waals surface area contributed by atoms with Crippen molar-refractivity contribution in [3.63, 3.8) is 0 Å². The lowest BCUT2D eigenvalue weighted by Gasteiger charge is -2.41. The summed E-state index contributed by atoms with van der Waals surface area (Å²) in [6.45, 7) is 2.66. The van der Waals surface area contributed by atoms with Crippen LogP contribution in [0.4, 0.5) is 0 Å². The summed E-state index contributed by atoms with van der Waals surface area (Å²) >= 11 is 0. The number of ketones is 1. The number of nitrogens with one attached hydrogen (secondary N) is 1. The third kappa shape index (κ3) is 4.39. The third-order valence-electron chi connectivity index (χ3n) is 6.72. The first kappa shape index (κ1) is 20.5. The van der Waals surface area contributed by atoms with Gasteiger partial charge >= 0.3 is 0 Å². The van der Waals surface area contributed by atoms with E-state index in [2.05, 4.69) is 41.5 Å². The number of rotatable bonds is 6. The molecule has 2 aliphatic rings. The van der Waals surface area contributed by atoms with Crippen molar-refractivity contribution >= 4 is 17.3 Å². The van der Waals surface area contributed by atoms with Crippen LogP contribution in [-0.2, 0) is 15.0 Å². The molecular weight excluding hydrogens is 372 g/mol. The Labute approximate surface area is 179 Å². The minimum atomic E-state index is -0.0529. The van der Waals surface area contributed by atoms with E-state index in [9.17, 15) is 9.59 Å². The van der Waals surface area contributed by atoms with Gasteiger partial charge in [0.1, 0.15) is 0 Å². The molecule has 0 radical (unpaired) electrons. The molecule has 0 aromatic heterocycles. The fourth-order valence-corrected chi connectivity index (χ4v) is 4.77. The van der Waals surface area contributed by atoms with E-state index < -0.39 is 0 Å². The van der Waals surface area contributed by atoms with E-state index in [1.54, 1.807) is 0 Å². The summed E-state index contributed by atoms with van der Waals surface area (Å²) in [5.41, 5.74) is 4.03. The molecule has 0 unspecified atom stereocenters. The van der Waals surface area contributed by atoms with Crippen LogP contribution in [0.25, 0.3) is 5.57 Å². The summed E-state index contributed by atoms with van der Waals surface area (Å²) < 4.78 is 0. The number of amides is 1. The maximum Gasteiger partial charge on any atom is 0.224 e. The minimum absolute atomic E-state index is 0.0419. The maximum atomic E-state index is 12.9. The Kier molecular flexibility index (Phi) is 6.14. The zero-order valence-electron chi connectivity index (χ0n) is 17.7. The van der Waals surface area contributed by atoms with Crippen LogP contribution in [0.2, 0.25) is 0 Å². The number of Topliss-reactive ketones (excluding diaryl/α,β-unsaturated/α-hetero) is 1. The zero-order valence-corrected chi connectivity index (χ0v) is 17.7. The monoisotopic (exact) mass is 402 g/mol. The van der Waals surface area contributed by atoms with E-state index in [4.69, 9.17) is 0 Å². The summed E-state index contributed by atoms with van der Waals surface area (Å²) in [7, 11) is 2.15. The Morgan fingerprint density at radius 1 is 0.967 bits per heavy atom. The number of likely N-dealkylation sites (tertiary alicyclic amines) is 1. The lowest BCUT2D eigenvalue weighted by Crippen LogP contribution is -2.48. The predicted octanol–water partition coefficient (Wildman–Crippen LogP) is 3.97. The standard InChI is InChI=1S/C26H30N2O2/c1-28-16-14-26(15-17-28,21-10-6-3-7-11-21)19-27-25(30)18-23-22(12-13-24(23)29)20-8-4-2-5-9-20/h2-11H,12-19H2,1H3,(H,27,30).